The Kier molecular flexibility index (Phi) is 46.8. The summed E-state index contributed by atoms with van der Waals surface area (Å²) < 4.78 is 40.1. The fourth-order valence-electron chi connectivity index (χ4n) is 10.4. The summed E-state index contributed by atoms with van der Waals surface area (Å²) >= 11 is 0. The molecular formula is C65H118O16. The van der Waals surface area contributed by atoms with Gasteiger partial charge in [0, 0.05) is 19.3 Å². The number of carbonyl (C=O) groups is 3. The zero-order valence-corrected chi connectivity index (χ0v) is 51.0. The average molecular weight is 1160 g/mol. The van der Waals surface area contributed by atoms with E-state index >= 15 is 0 Å². The molecule has 16 nitrogen and oxygen atoms in total. The van der Waals surface area contributed by atoms with Gasteiger partial charge in [-0.25, -0.2) is 0 Å². The molecule has 0 spiro atoms. The van der Waals surface area contributed by atoms with Crippen LogP contribution in [-0.2, 0) is 47.5 Å². The van der Waals surface area contributed by atoms with Crippen LogP contribution in [0.15, 0.2) is 24.3 Å². The summed E-state index contributed by atoms with van der Waals surface area (Å²) in [6.45, 7) is 4.72. The molecule has 0 unspecified atom stereocenters. The molecule has 0 aliphatic carbocycles. The topological polar surface area (TPSA) is 237 Å². The number of unbranched alkanes of at least 4 members (excludes halogenated alkanes) is 32. The third-order valence-electron chi connectivity index (χ3n) is 15.7. The smallest absolute Gasteiger partial charge is 0.306 e. The second-order valence-electron chi connectivity index (χ2n) is 23.1. The Bertz CT molecular complexity index is 1560. The predicted octanol–water partition coefficient (Wildman–Crippen LogP) is 12.4. The molecule has 2 rings (SSSR count). The highest BCUT2D eigenvalue weighted by molar-refractivity contribution is 5.70. The van der Waals surface area contributed by atoms with E-state index in [0.29, 0.717) is 19.3 Å². The van der Waals surface area contributed by atoms with Crippen LogP contribution in [0.25, 0.3) is 0 Å². The van der Waals surface area contributed by atoms with E-state index < -0.39 is 105 Å². The van der Waals surface area contributed by atoms with Crippen LogP contribution in [0.3, 0.4) is 0 Å². The number of aliphatic hydroxyl groups excluding tert-OH is 6. The molecule has 0 amide bonds. The second-order valence-corrected chi connectivity index (χ2v) is 23.1. The van der Waals surface area contributed by atoms with Crippen molar-refractivity contribution in [2.45, 2.75) is 345 Å². The number of aliphatic hydroxyl groups is 6. The monoisotopic (exact) mass is 1150 g/mol. The van der Waals surface area contributed by atoms with Crippen molar-refractivity contribution in [1.82, 2.24) is 0 Å². The van der Waals surface area contributed by atoms with Crippen molar-refractivity contribution in [2.24, 2.45) is 0 Å². The van der Waals surface area contributed by atoms with Gasteiger partial charge in [-0.1, -0.05) is 231 Å². The molecule has 11 atom stereocenters. The summed E-state index contributed by atoms with van der Waals surface area (Å²) in [4.78, 5) is 39.0. The number of esters is 3. The fourth-order valence-corrected chi connectivity index (χ4v) is 10.4. The van der Waals surface area contributed by atoms with Gasteiger partial charge in [-0.3, -0.25) is 14.4 Å². The van der Waals surface area contributed by atoms with E-state index in [0.717, 1.165) is 89.9 Å². The van der Waals surface area contributed by atoms with Crippen LogP contribution in [0.1, 0.15) is 278 Å². The molecule has 2 aliphatic heterocycles. The zero-order chi connectivity index (χ0) is 59.0. The summed E-state index contributed by atoms with van der Waals surface area (Å²) in [5.41, 5.74) is 0. The lowest BCUT2D eigenvalue weighted by atomic mass is 9.98. The Morgan fingerprint density at radius 2 is 0.827 bits per heavy atom. The van der Waals surface area contributed by atoms with Gasteiger partial charge < -0.3 is 63.8 Å². The van der Waals surface area contributed by atoms with Crippen LogP contribution in [0.4, 0.5) is 0 Å². The summed E-state index contributed by atoms with van der Waals surface area (Å²) in [6, 6.07) is 0. The first-order chi connectivity index (χ1) is 39.5. The first-order valence-electron chi connectivity index (χ1n) is 32.9. The molecule has 2 heterocycles. The van der Waals surface area contributed by atoms with E-state index in [9.17, 15) is 45.0 Å². The van der Waals surface area contributed by atoms with Crippen molar-refractivity contribution in [3.63, 3.8) is 0 Å². The van der Waals surface area contributed by atoms with Gasteiger partial charge in [0.25, 0.3) is 0 Å². The van der Waals surface area contributed by atoms with Crippen molar-refractivity contribution in [3.05, 3.63) is 24.3 Å². The molecule has 0 aromatic carbocycles. The maximum Gasteiger partial charge on any atom is 0.306 e. The van der Waals surface area contributed by atoms with E-state index in [4.69, 9.17) is 33.2 Å². The highest BCUT2D eigenvalue weighted by Crippen LogP contribution is 2.28. The van der Waals surface area contributed by atoms with Crippen molar-refractivity contribution < 1.29 is 78.2 Å². The lowest BCUT2D eigenvalue weighted by molar-refractivity contribution is -0.333. The summed E-state index contributed by atoms with van der Waals surface area (Å²) in [5.74, 6) is -1.57. The summed E-state index contributed by atoms with van der Waals surface area (Å²) in [5, 5.41) is 65.0. The number of rotatable bonds is 53. The molecule has 2 aliphatic rings. The number of hydrogen-bond donors (Lipinski definition) is 6. The van der Waals surface area contributed by atoms with Gasteiger partial charge in [0.15, 0.2) is 24.8 Å². The maximum atomic E-state index is 13.2. The molecular weight excluding hydrogens is 1040 g/mol. The van der Waals surface area contributed by atoms with Crippen LogP contribution in [-0.4, -0.2) is 142 Å². The number of ether oxygens (including phenoxy) is 7. The molecule has 2 fully saturated rings. The minimum Gasteiger partial charge on any atom is -0.462 e. The Morgan fingerprint density at radius 3 is 1.32 bits per heavy atom. The third kappa shape index (κ3) is 36.8. The zero-order valence-electron chi connectivity index (χ0n) is 51.0. The van der Waals surface area contributed by atoms with Crippen LogP contribution < -0.4 is 0 Å². The SMILES string of the molecule is CCCCC/C=C\C/C=C\CCCCCCCC(=O)OC[C@H](CO[C@@H]1O[C@H](CO[C@H]2O[C@H](CO)[C@H](O)[C@H](OC(=O)CCCCCCCCCCCCCCC)[C@H]2O)[C@H](O)[C@H](O)[C@H]1O)OC(=O)CCCCCCCCCCCCCCC. The third-order valence-corrected chi connectivity index (χ3v) is 15.7. The fraction of sp³-hybridized carbons (Fsp3) is 0.892. The number of carbonyl (C=O) groups excluding carboxylic acids is 3. The minimum absolute atomic E-state index is 0.0757. The second kappa shape index (κ2) is 50.8. The van der Waals surface area contributed by atoms with E-state index in [2.05, 4.69) is 45.1 Å². The van der Waals surface area contributed by atoms with Crippen molar-refractivity contribution in [2.75, 3.05) is 26.4 Å². The highest BCUT2D eigenvalue weighted by atomic mass is 16.7. The Hall–Kier alpha value is -2.51. The number of allylic oxidation sites excluding steroid dienone is 4. The van der Waals surface area contributed by atoms with E-state index in [1.165, 1.54) is 128 Å². The molecule has 474 valence electrons. The quantitative estimate of drug-likeness (QED) is 0.0144. The largest absolute Gasteiger partial charge is 0.462 e. The molecule has 16 heteroatoms. The normalized spacial score (nSPS) is 23.6. The first kappa shape index (κ1) is 74.6. The maximum absolute atomic E-state index is 13.2. The van der Waals surface area contributed by atoms with Gasteiger partial charge in [-0.05, 0) is 51.4 Å². The van der Waals surface area contributed by atoms with Gasteiger partial charge in [0.2, 0.25) is 0 Å². The first-order valence-corrected chi connectivity index (χ1v) is 32.9. The predicted molar refractivity (Wildman–Crippen MR) is 317 cm³/mol. The summed E-state index contributed by atoms with van der Waals surface area (Å²) in [6.07, 6.45) is 34.0. The highest BCUT2D eigenvalue weighted by Gasteiger charge is 2.49. The van der Waals surface area contributed by atoms with Gasteiger partial charge in [-0.2, -0.15) is 0 Å². The van der Waals surface area contributed by atoms with E-state index in [1.807, 2.05) is 0 Å². The van der Waals surface area contributed by atoms with Crippen LogP contribution in [0.2, 0.25) is 0 Å². The number of hydrogen-bond acceptors (Lipinski definition) is 16. The van der Waals surface area contributed by atoms with Crippen LogP contribution in [0, 0.1) is 0 Å². The molecule has 0 aromatic heterocycles. The molecule has 0 bridgehead atoms. The Morgan fingerprint density at radius 1 is 0.420 bits per heavy atom. The lowest BCUT2D eigenvalue weighted by Gasteiger charge is -2.43. The molecule has 2 saturated heterocycles. The standard InChI is InChI=1S/C65H118O16/c1-4-7-10-13-16-19-22-25-26-29-30-33-36-39-42-45-55(67)75-49-52(78-56(68)46-43-40-37-34-31-27-23-20-17-14-11-8-5-2)50-76-64-61(73)60(72)58(70)54(80-64)51-77-65-62(74)63(59(71)53(48-66)79-65)81-57(69)47-44-41-38-35-32-28-24-21-18-15-12-9-6-3/h16,19,25-26,52-54,58-66,70-74H,4-15,17-18,20-24,27-51H2,1-3H3/b19-16-,26-25-/t52-,53-,54-,58+,59+,60+,61-,62-,63+,64-,65+/m1/s1. The molecule has 6 N–H and O–H groups in total. The average Bonchev–Trinajstić information content (AvgIpc) is 3.48. The van der Waals surface area contributed by atoms with Gasteiger partial charge in [-0.15, -0.1) is 0 Å². The van der Waals surface area contributed by atoms with Crippen LogP contribution in [0.5, 0.6) is 0 Å². The lowest BCUT2D eigenvalue weighted by Crippen LogP contribution is -2.62. The molecule has 0 radical (unpaired) electrons. The molecule has 0 saturated carbocycles. The van der Waals surface area contributed by atoms with Gasteiger partial charge >= 0.3 is 17.9 Å². The molecule has 81 heavy (non-hydrogen) atoms. The van der Waals surface area contributed by atoms with Crippen LogP contribution >= 0.6 is 0 Å². The van der Waals surface area contributed by atoms with E-state index in [-0.39, 0.29) is 25.9 Å². The molecule has 0 aromatic rings. The Labute approximate surface area is 490 Å². The minimum atomic E-state index is -1.79. The van der Waals surface area contributed by atoms with Crippen molar-refractivity contribution in [3.8, 4) is 0 Å². The van der Waals surface area contributed by atoms with Gasteiger partial charge in [0.05, 0.1) is 19.8 Å². The van der Waals surface area contributed by atoms with Crippen molar-refractivity contribution in [1.29, 1.82) is 0 Å². The van der Waals surface area contributed by atoms with E-state index in [1.54, 1.807) is 0 Å². The summed E-state index contributed by atoms with van der Waals surface area (Å²) in [7, 11) is 0. The van der Waals surface area contributed by atoms with Crippen molar-refractivity contribution >= 4 is 17.9 Å². The van der Waals surface area contributed by atoms with Gasteiger partial charge in [0.1, 0.15) is 49.3 Å². The Balaban J connectivity index is 1.90.